The molecule has 5 rings (SSSR count). The highest BCUT2D eigenvalue weighted by Crippen LogP contribution is 2.46. The molecule has 5 heteroatoms. The third-order valence-electron chi connectivity index (χ3n) is 5.41. The van der Waals surface area contributed by atoms with E-state index in [4.69, 9.17) is 5.73 Å². The van der Waals surface area contributed by atoms with Gasteiger partial charge >= 0.3 is 0 Å². The smallest absolute Gasteiger partial charge is 0.269 e. The van der Waals surface area contributed by atoms with E-state index >= 15 is 0 Å². The van der Waals surface area contributed by atoms with Gasteiger partial charge in [-0.25, -0.2) is 0 Å². The molecule has 0 saturated heterocycles. The van der Waals surface area contributed by atoms with Crippen LogP contribution in [0.5, 0.6) is 0 Å². The molecule has 3 aromatic rings. The molecule has 2 heterocycles. The number of carbonyl (C=O) groups excluding carboxylic acids is 1. The Morgan fingerprint density at radius 1 is 1.19 bits per heavy atom. The lowest BCUT2D eigenvalue weighted by molar-refractivity contribution is 0.0994. The minimum absolute atomic E-state index is 0.232. The highest BCUT2D eigenvalue weighted by atomic mass is 32.1. The first-order valence-corrected chi connectivity index (χ1v) is 9.77. The van der Waals surface area contributed by atoms with Crippen molar-refractivity contribution >= 4 is 23.3 Å². The van der Waals surface area contributed by atoms with Crippen LogP contribution in [0, 0.1) is 0 Å². The van der Waals surface area contributed by atoms with Gasteiger partial charge in [0.2, 0.25) is 0 Å². The topological polar surface area (TPSA) is 60.9 Å². The minimum atomic E-state index is -0.450. The number of primary amides is 1. The van der Waals surface area contributed by atoms with Crippen molar-refractivity contribution in [2.24, 2.45) is 5.73 Å². The molecule has 2 aliphatic carbocycles. The van der Waals surface area contributed by atoms with Crippen molar-refractivity contribution in [2.45, 2.75) is 30.7 Å². The Labute approximate surface area is 156 Å². The molecule has 0 radical (unpaired) electrons. The van der Waals surface area contributed by atoms with Gasteiger partial charge < -0.3 is 5.73 Å². The quantitative estimate of drug-likeness (QED) is 0.765. The third-order valence-corrected chi connectivity index (χ3v) is 6.45. The van der Waals surface area contributed by atoms with Gasteiger partial charge in [-0.1, -0.05) is 48.6 Å². The summed E-state index contributed by atoms with van der Waals surface area (Å²) in [5.41, 5.74) is 9.05. The van der Waals surface area contributed by atoms with Crippen LogP contribution in [0.2, 0.25) is 0 Å². The molecular weight excluding hydrogens is 342 g/mol. The molecule has 1 aromatic carbocycles. The van der Waals surface area contributed by atoms with Gasteiger partial charge in [0.15, 0.2) is 5.69 Å². The summed E-state index contributed by atoms with van der Waals surface area (Å²) in [6, 6.07) is 15.3. The van der Waals surface area contributed by atoms with Crippen LogP contribution in [0.3, 0.4) is 0 Å². The molecule has 2 N–H and O–H groups in total. The molecule has 1 amide bonds. The summed E-state index contributed by atoms with van der Waals surface area (Å²) < 4.78 is 2.06. The monoisotopic (exact) mass is 361 g/mol. The van der Waals surface area contributed by atoms with E-state index in [1.165, 1.54) is 10.4 Å². The number of hydrogen-bond acceptors (Lipinski definition) is 3. The SMILES string of the molecule is NC(=O)c1nn(C2CC2)c2c1C=CC(c1ccccc1)(c1cccs1)C2. The van der Waals surface area contributed by atoms with Gasteiger partial charge in [0, 0.05) is 22.6 Å². The predicted molar refractivity (Wildman–Crippen MR) is 103 cm³/mol. The number of nitrogens with two attached hydrogens (primary N) is 1. The van der Waals surface area contributed by atoms with Crippen molar-refractivity contribution in [3.63, 3.8) is 0 Å². The van der Waals surface area contributed by atoms with Crippen molar-refractivity contribution in [3.05, 3.63) is 81.3 Å². The van der Waals surface area contributed by atoms with E-state index in [9.17, 15) is 4.79 Å². The Kier molecular flexibility index (Phi) is 3.40. The van der Waals surface area contributed by atoms with E-state index in [1.807, 2.05) is 6.07 Å². The lowest BCUT2D eigenvalue weighted by Gasteiger charge is -2.33. The van der Waals surface area contributed by atoms with Crippen LogP contribution >= 0.6 is 11.3 Å². The van der Waals surface area contributed by atoms with Gasteiger partial charge in [-0.3, -0.25) is 9.48 Å². The first-order valence-electron chi connectivity index (χ1n) is 8.89. The van der Waals surface area contributed by atoms with Gasteiger partial charge in [0.25, 0.3) is 5.91 Å². The van der Waals surface area contributed by atoms with Crippen LogP contribution in [-0.4, -0.2) is 15.7 Å². The van der Waals surface area contributed by atoms with Crippen molar-refractivity contribution in [2.75, 3.05) is 0 Å². The molecule has 0 aliphatic heterocycles. The molecular formula is C21H19N3OS. The van der Waals surface area contributed by atoms with E-state index in [1.54, 1.807) is 11.3 Å². The number of aromatic nitrogens is 2. The van der Waals surface area contributed by atoms with Crippen LogP contribution in [0.15, 0.2) is 53.9 Å². The molecule has 26 heavy (non-hydrogen) atoms. The lowest BCUT2D eigenvalue weighted by Crippen LogP contribution is -2.30. The molecule has 130 valence electrons. The van der Waals surface area contributed by atoms with Gasteiger partial charge in [-0.05, 0) is 29.9 Å². The molecule has 1 atom stereocenters. The van der Waals surface area contributed by atoms with Crippen LogP contribution in [0.4, 0.5) is 0 Å². The summed E-state index contributed by atoms with van der Waals surface area (Å²) >= 11 is 1.77. The zero-order valence-electron chi connectivity index (χ0n) is 14.3. The number of hydrogen-bond donors (Lipinski definition) is 1. The summed E-state index contributed by atoms with van der Waals surface area (Å²) in [5, 5.41) is 6.71. The Balaban J connectivity index is 1.72. The summed E-state index contributed by atoms with van der Waals surface area (Å²) in [6.07, 6.45) is 7.31. The maximum Gasteiger partial charge on any atom is 0.269 e. The molecule has 2 aromatic heterocycles. The number of thiophene rings is 1. The molecule has 0 bridgehead atoms. The fourth-order valence-electron chi connectivity index (χ4n) is 3.96. The summed E-state index contributed by atoms with van der Waals surface area (Å²) in [7, 11) is 0. The number of nitrogens with zero attached hydrogens (tertiary/aromatic N) is 2. The van der Waals surface area contributed by atoms with Crippen molar-refractivity contribution in [1.29, 1.82) is 0 Å². The average molecular weight is 361 g/mol. The normalized spacial score (nSPS) is 21.5. The highest BCUT2D eigenvalue weighted by molar-refractivity contribution is 7.10. The van der Waals surface area contributed by atoms with E-state index in [2.05, 4.69) is 63.7 Å². The van der Waals surface area contributed by atoms with E-state index < -0.39 is 5.91 Å². The second-order valence-electron chi connectivity index (χ2n) is 7.07. The maximum atomic E-state index is 11.9. The summed E-state index contributed by atoms with van der Waals surface area (Å²) in [4.78, 5) is 13.2. The number of amides is 1. The number of rotatable bonds is 4. The second-order valence-corrected chi connectivity index (χ2v) is 8.02. The highest BCUT2D eigenvalue weighted by Gasteiger charge is 2.40. The number of benzene rings is 1. The van der Waals surface area contributed by atoms with Crippen LogP contribution in [0.1, 0.15) is 51.1 Å². The number of allylic oxidation sites excluding steroid dienone is 1. The molecule has 1 unspecified atom stereocenters. The first kappa shape index (κ1) is 15.6. The van der Waals surface area contributed by atoms with E-state index in [-0.39, 0.29) is 5.41 Å². The average Bonchev–Trinajstić information content (AvgIpc) is 3.21. The molecule has 0 spiro atoms. The number of fused-ring (bicyclic) bond motifs is 1. The second kappa shape index (κ2) is 5.68. The fraction of sp³-hybridized carbons (Fsp3) is 0.238. The summed E-state index contributed by atoms with van der Waals surface area (Å²) in [5.74, 6) is -0.450. The minimum Gasteiger partial charge on any atom is -0.364 e. The van der Waals surface area contributed by atoms with E-state index in [0.717, 1.165) is 30.5 Å². The van der Waals surface area contributed by atoms with Gasteiger partial charge in [-0.2, -0.15) is 5.10 Å². The third kappa shape index (κ3) is 2.27. The largest absolute Gasteiger partial charge is 0.364 e. The summed E-state index contributed by atoms with van der Waals surface area (Å²) in [6.45, 7) is 0. The van der Waals surface area contributed by atoms with Crippen LogP contribution < -0.4 is 5.73 Å². The molecule has 1 saturated carbocycles. The van der Waals surface area contributed by atoms with Gasteiger partial charge in [-0.15, -0.1) is 11.3 Å². The first-order chi connectivity index (χ1) is 12.7. The zero-order chi connectivity index (χ0) is 17.7. The lowest BCUT2D eigenvalue weighted by atomic mass is 9.72. The predicted octanol–water partition coefficient (Wildman–Crippen LogP) is 3.93. The van der Waals surface area contributed by atoms with Crippen molar-refractivity contribution in [3.8, 4) is 0 Å². The Morgan fingerprint density at radius 2 is 2.00 bits per heavy atom. The van der Waals surface area contributed by atoms with Gasteiger partial charge in [0.05, 0.1) is 11.5 Å². The van der Waals surface area contributed by atoms with Crippen molar-refractivity contribution in [1.82, 2.24) is 9.78 Å². The van der Waals surface area contributed by atoms with Crippen LogP contribution in [-0.2, 0) is 11.8 Å². The Hall–Kier alpha value is -2.66. The zero-order valence-corrected chi connectivity index (χ0v) is 15.1. The maximum absolute atomic E-state index is 11.9. The van der Waals surface area contributed by atoms with E-state index in [0.29, 0.717) is 11.7 Å². The standard InChI is InChI=1S/C21H19N3OS/c22-20(25)19-16-10-11-21(18-7-4-12-26-18,14-5-2-1-3-6-14)13-17(16)24(23-19)15-8-9-15/h1-7,10-12,15H,8-9,13H2,(H2,22,25). The van der Waals surface area contributed by atoms with Gasteiger partial charge in [0.1, 0.15) is 0 Å². The molecule has 1 fully saturated rings. The fourth-order valence-corrected chi connectivity index (χ4v) is 4.89. The van der Waals surface area contributed by atoms with Crippen LogP contribution in [0.25, 0.3) is 6.08 Å². The Morgan fingerprint density at radius 3 is 2.65 bits per heavy atom. The molecule has 2 aliphatic rings. The molecule has 4 nitrogen and oxygen atoms in total. The Bertz CT molecular complexity index is 1000. The van der Waals surface area contributed by atoms with Crippen molar-refractivity contribution < 1.29 is 4.79 Å². The number of carbonyl (C=O) groups is 1.